The van der Waals surface area contributed by atoms with Crippen molar-refractivity contribution in [2.45, 2.75) is 53.7 Å². The molecule has 1 atom stereocenters. The van der Waals surface area contributed by atoms with Gasteiger partial charge in [-0.25, -0.2) is 4.39 Å². The molecule has 2 heterocycles. The summed E-state index contributed by atoms with van der Waals surface area (Å²) in [6, 6.07) is 5.12. The van der Waals surface area contributed by atoms with E-state index in [1.54, 1.807) is 13.0 Å². The predicted molar refractivity (Wildman–Crippen MR) is 91.9 cm³/mol. The molecule has 2 aromatic rings. The van der Waals surface area contributed by atoms with Gasteiger partial charge in [-0.3, -0.25) is 4.79 Å². The average Bonchev–Trinajstić information content (AvgIpc) is 2.90. The second-order valence-corrected chi connectivity index (χ2v) is 4.85. The molecular weight excluding hydrogens is 295 g/mol. The molecular formula is C18H27FN2O2. The van der Waals surface area contributed by atoms with Crippen LogP contribution in [0.1, 0.15) is 45.4 Å². The van der Waals surface area contributed by atoms with Crippen LogP contribution in [-0.2, 0) is 16.1 Å². The topological polar surface area (TPSA) is 54.1 Å². The van der Waals surface area contributed by atoms with Crippen molar-refractivity contribution < 1.29 is 13.9 Å². The number of amides is 1. The second kappa shape index (κ2) is 9.30. The maximum Gasteiger partial charge on any atom is 0.249 e. The minimum Gasteiger partial charge on any atom is -0.368 e. The van der Waals surface area contributed by atoms with Gasteiger partial charge in [0.1, 0.15) is 11.9 Å². The highest BCUT2D eigenvalue weighted by atomic mass is 19.1. The van der Waals surface area contributed by atoms with Gasteiger partial charge < -0.3 is 15.0 Å². The van der Waals surface area contributed by atoms with Gasteiger partial charge in [0.05, 0.1) is 13.2 Å². The first-order valence-electron chi connectivity index (χ1n) is 8.30. The number of halogens is 1. The number of nitrogens with one attached hydrogen (secondary N) is 2. The summed E-state index contributed by atoms with van der Waals surface area (Å²) in [5, 5.41) is 3.61. The molecule has 1 unspecified atom stereocenters. The van der Waals surface area contributed by atoms with Crippen LogP contribution in [-0.4, -0.2) is 23.6 Å². The minimum atomic E-state index is -0.302. The number of aromatic nitrogens is 1. The van der Waals surface area contributed by atoms with E-state index in [0.29, 0.717) is 18.7 Å². The fourth-order valence-electron chi connectivity index (χ4n) is 2.16. The minimum absolute atomic E-state index is 0.0905. The van der Waals surface area contributed by atoms with Crippen LogP contribution >= 0.6 is 0 Å². The number of benzene rings is 1. The smallest absolute Gasteiger partial charge is 0.249 e. The Balaban J connectivity index is 0.000000615. The third-order valence-electron chi connectivity index (χ3n) is 3.40. The van der Waals surface area contributed by atoms with E-state index >= 15 is 0 Å². The summed E-state index contributed by atoms with van der Waals surface area (Å²) in [5.74, 6) is -0.308. The Morgan fingerprint density at radius 3 is 2.52 bits per heavy atom. The van der Waals surface area contributed by atoms with Crippen LogP contribution in [0.3, 0.4) is 0 Å². The molecule has 23 heavy (non-hydrogen) atoms. The van der Waals surface area contributed by atoms with Crippen molar-refractivity contribution in [3.63, 3.8) is 0 Å². The van der Waals surface area contributed by atoms with Crippen LogP contribution in [0.25, 0.3) is 10.9 Å². The van der Waals surface area contributed by atoms with Gasteiger partial charge in [0.15, 0.2) is 0 Å². The van der Waals surface area contributed by atoms with Gasteiger partial charge >= 0.3 is 0 Å². The third kappa shape index (κ3) is 4.79. The summed E-state index contributed by atoms with van der Waals surface area (Å²) in [7, 11) is 0. The molecule has 2 N–H and O–H groups in total. The van der Waals surface area contributed by atoms with E-state index in [2.05, 4.69) is 10.3 Å². The van der Waals surface area contributed by atoms with Crippen LogP contribution < -0.4 is 5.32 Å². The van der Waals surface area contributed by atoms with E-state index in [0.717, 1.165) is 23.0 Å². The maximum absolute atomic E-state index is 13.4. The number of hydrogen-bond donors (Lipinski definition) is 2. The standard InChI is InChI=1S/C14H15FN2O2.2C2H6/c1-8-4-12-9(6-11(8)15)5-10(17-12)7-16-14(18)13-2-3-19-13;2*1-2/h4-6,13,17H,2-3,7H2,1H3,(H,16,18);2*1-2H3. The van der Waals surface area contributed by atoms with Gasteiger partial charge in [-0.2, -0.15) is 0 Å². The predicted octanol–water partition coefficient (Wildman–Crippen LogP) is 4.07. The lowest BCUT2D eigenvalue weighted by atomic mass is 10.1. The molecule has 1 aliphatic rings. The zero-order chi connectivity index (χ0) is 17.4. The highest BCUT2D eigenvalue weighted by Gasteiger charge is 2.25. The lowest BCUT2D eigenvalue weighted by molar-refractivity contribution is -0.145. The van der Waals surface area contributed by atoms with Crippen LogP contribution in [0, 0.1) is 12.7 Å². The first kappa shape index (κ1) is 19.2. The summed E-state index contributed by atoms with van der Waals surface area (Å²) in [6.07, 6.45) is 0.479. The molecule has 0 spiro atoms. The van der Waals surface area contributed by atoms with Crippen molar-refractivity contribution in [3.05, 3.63) is 35.3 Å². The van der Waals surface area contributed by atoms with Crippen molar-refractivity contribution in [1.82, 2.24) is 10.3 Å². The molecule has 0 radical (unpaired) electrons. The fourth-order valence-corrected chi connectivity index (χ4v) is 2.16. The van der Waals surface area contributed by atoms with Crippen LogP contribution in [0.5, 0.6) is 0 Å². The maximum atomic E-state index is 13.4. The molecule has 4 nitrogen and oxygen atoms in total. The summed E-state index contributed by atoms with van der Waals surface area (Å²) in [5.41, 5.74) is 2.34. The largest absolute Gasteiger partial charge is 0.368 e. The number of rotatable bonds is 3. The SMILES string of the molecule is CC.CC.Cc1cc2[nH]c(CNC(=O)C3CCO3)cc2cc1F. The van der Waals surface area contributed by atoms with E-state index in [1.807, 2.05) is 33.8 Å². The van der Waals surface area contributed by atoms with E-state index in [9.17, 15) is 9.18 Å². The molecule has 1 aromatic carbocycles. The van der Waals surface area contributed by atoms with Gasteiger partial charge in [-0.05, 0) is 30.7 Å². The highest BCUT2D eigenvalue weighted by molar-refractivity contribution is 5.83. The first-order chi connectivity index (χ1) is 11.1. The van der Waals surface area contributed by atoms with Crippen molar-refractivity contribution in [2.75, 3.05) is 6.61 Å². The van der Waals surface area contributed by atoms with Gasteiger partial charge in [0.25, 0.3) is 0 Å². The van der Waals surface area contributed by atoms with E-state index < -0.39 is 0 Å². The fraction of sp³-hybridized carbons (Fsp3) is 0.500. The summed E-state index contributed by atoms with van der Waals surface area (Å²) >= 11 is 0. The molecule has 128 valence electrons. The Kier molecular flexibility index (Phi) is 7.75. The average molecular weight is 322 g/mol. The lowest BCUT2D eigenvalue weighted by Crippen LogP contribution is -2.42. The number of carbonyl (C=O) groups is 1. The Labute approximate surface area is 137 Å². The van der Waals surface area contributed by atoms with Crippen molar-refractivity contribution >= 4 is 16.8 Å². The molecule has 1 aromatic heterocycles. The highest BCUT2D eigenvalue weighted by Crippen LogP contribution is 2.19. The lowest BCUT2D eigenvalue weighted by Gasteiger charge is -2.24. The molecule has 3 rings (SSSR count). The summed E-state index contributed by atoms with van der Waals surface area (Å²) in [6.45, 7) is 10.8. The number of aryl methyl sites for hydroxylation is 1. The van der Waals surface area contributed by atoms with Gasteiger partial charge in [0.2, 0.25) is 5.91 Å². The number of hydrogen-bond acceptors (Lipinski definition) is 2. The molecule has 1 amide bonds. The van der Waals surface area contributed by atoms with Crippen LogP contribution in [0.15, 0.2) is 18.2 Å². The Hall–Kier alpha value is -1.88. The number of fused-ring (bicyclic) bond motifs is 1. The summed E-state index contributed by atoms with van der Waals surface area (Å²) in [4.78, 5) is 14.8. The Morgan fingerprint density at radius 2 is 1.96 bits per heavy atom. The van der Waals surface area contributed by atoms with Crippen LogP contribution in [0.4, 0.5) is 4.39 Å². The monoisotopic (exact) mass is 322 g/mol. The summed E-state index contributed by atoms with van der Waals surface area (Å²) < 4.78 is 18.5. The quantitative estimate of drug-likeness (QED) is 0.895. The zero-order valence-electron chi connectivity index (χ0n) is 14.6. The Morgan fingerprint density at radius 1 is 1.30 bits per heavy atom. The molecule has 0 aliphatic carbocycles. The number of aromatic amines is 1. The molecule has 0 saturated carbocycles. The first-order valence-corrected chi connectivity index (χ1v) is 8.30. The molecule has 1 saturated heterocycles. The molecule has 1 fully saturated rings. The zero-order valence-corrected chi connectivity index (χ0v) is 14.6. The molecule has 0 bridgehead atoms. The van der Waals surface area contributed by atoms with Crippen molar-refractivity contribution in [1.29, 1.82) is 0 Å². The van der Waals surface area contributed by atoms with Crippen LogP contribution in [0.2, 0.25) is 0 Å². The van der Waals surface area contributed by atoms with Gasteiger partial charge in [-0.15, -0.1) is 0 Å². The molecule has 5 heteroatoms. The normalized spacial score (nSPS) is 15.7. The van der Waals surface area contributed by atoms with Gasteiger partial charge in [-0.1, -0.05) is 27.7 Å². The number of carbonyl (C=O) groups excluding carboxylic acids is 1. The van der Waals surface area contributed by atoms with Crippen molar-refractivity contribution in [2.24, 2.45) is 0 Å². The molecule has 1 aliphatic heterocycles. The van der Waals surface area contributed by atoms with Gasteiger partial charge in [0, 0.05) is 23.0 Å². The Bertz CT molecular complexity index is 594. The third-order valence-corrected chi connectivity index (χ3v) is 3.40. The van der Waals surface area contributed by atoms with Crippen molar-refractivity contribution in [3.8, 4) is 0 Å². The van der Waals surface area contributed by atoms with E-state index in [1.165, 1.54) is 6.07 Å². The number of H-pyrrole nitrogens is 1. The van der Waals surface area contributed by atoms with E-state index in [4.69, 9.17) is 4.74 Å². The second-order valence-electron chi connectivity index (χ2n) is 4.85. The van der Waals surface area contributed by atoms with E-state index in [-0.39, 0.29) is 17.8 Å². The number of ether oxygens (including phenoxy) is 1.